The first kappa shape index (κ1) is 28.7. The third kappa shape index (κ3) is 8.89. The van der Waals surface area contributed by atoms with E-state index in [1.807, 2.05) is 11.6 Å². The maximum absolute atomic E-state index is 5.63. The van der Waals surface area contributed by atoms with Gasteiger partial charge in [0.15, 0.2) is 0 Å². The standard InChI is InChI=1S/C31H47N5O/c1-5-9-11-13-15-27(8-4)29-17-20-35(32-29)21-19-31(34-23-25-37-26-24-34)36-22-18-30(33-36)28(14-7-3)16-12-10-6-2/h7,10,12,14,16-20,22,27H,5-6,8-9,11,13,15,21,23-26H2,1-4H3/b12-10+,14-7-,28-16+,31-19-. The number of rotatable bonds is 15. The summed E-state index contributed by atoms with van der Waals surface area (Å²) in [5.41, 5.74) is 3.30. The van der Waals surface area contributed by atoms with Crippen molar-refractivity contribution < 1.29 is 4.74 Å². The first-order chi connectivity index (χ1) is 18.2. The molecule has 202 valence electrons. The maximum atomic E-state index is 5.63. The quantitative estimate of drug-likeness (QED) is 0.188. The molecule has 2 aromatic heterocycles. The summed E-state index contributed by atoms with van der Waals surface area (Å²) < 4.78 is 9.70. The van der Waals surface area contributed by atoms with Crippen LogP contribution in [0.4, 0.5) is 0 Å². The summed E-state index contributed by atoms with van der Waals surface area (Å²) in [6, 6.07) is 4.30. The molecule has 1 saturated heterocycles. The average Bonchev–Trinajstić information content (AvgIpc) is 3.60. The molecule has 1 fully saturated rings. The molecular formula is C31H47N5O. The molecule has 0 bridgehead atoms. The molecule has 1 unspecified atom stereocenters. The highest BCUT2D eigenvalue weighted by atomic mass is 16.5. The normalized spacial score (nSPS) is 16.4. The number of nitrogens with zero attached hydrogens (tertiary/aromatic N) is 5. The predicted octanol–water partition coefficient (Wildman–Crippen LogP) is 7.30. The minimum Gasteiger partial charge on any atom is -0.378 e. The summed E-state index contributed by atoms with van der Waals surface area (Å²) in [7, 11) is 0. The molecule has 0 aliphatic carbocycles. The van der Waals surface area contributed by atoms with Gasteiger partial charge in [-0.25, -0.2) is 4.68 Å². The minimum atomic E-state index is 0.549. The van der Waals surface area contributed by atoms with E-state index in [4.69, 9.17) is 14.9 Å². The van der Waals surface area contributed by atoms with E-state index in [9.17, 15) is 0 Å². The van der Waals surface area contributed by atoms with Gasteiger partial charge in [-0.1, -0.05) is 76.8 Å². The monoisotopic (exact) mass is 505 g/mol. The van der Waals surface area contributed by atoms with Crippen LogP contribution >= 0.6 is 0 Å². The highest BCUT2D eigenvalue weighted by molar-refractivity contribution is 5.73. The van der Waals surface area contributed by atoms with Gasteiger partial charge in [-0.05, 0) is 44.4 Å². The third-order valence-electron chi connectivity index (χ3n) is 6.89. The van der Waals surface area contributed by atoms with Crippen LogP contribution in [0.5, 0.6) is 0 Å². The van der Waals surface area contributed by atoms with Gasteiger partial charge in [-0.3, -0.25) is 4.68 Å². The molecule has 0 radical (unpaired) electrons. The zero-order valence-corrected chi connectivity index (χ0v) is 23.5. The lowest BCUT2D eigenvalue weighted by molar-refractivity contribution is 0.0610. The van der Waals surface area contributed by atoms with Crippen molar-refractivity contribution in [3.8, 4) is 0 Å². The zero-order chi connectivity index (χ0) is 26.3. The molecule has 3 rings (SSSR count). The molecule has 0 spiro atoms. The van der Waals surface area contributed by atoms with Crippen molar-refractivity contribution in [2.45, 2.75) is 85.1 Å². The van der Waals surface area contributed by atoms with Crippen LogP contribution < -0.4 is 0 Å². The van der Waals surface area contributed by atoms with Crippen LogP contribution in [0.1, 0.15) is 89.9 Å². The van der Waals surface area contributed by atoms with Gasteiger partial charge in [-0.2, -0.15) is 10.2 Å². The van der Waals surface area contributed by atoms with E-state index >= 15 is 0 Å². The second-order valence-electron chi connectivity index (χ2n) is 9.68. The summed E-state index contributed by atoms with van der Waals surface area (Å²) in [5.74, 6) is 1.63. The molecule has 0 saturated carbocycles. The third-order valence-corrected chi connectivity index (χ3v) is 6.89. The van der Waals surface area contributed by atoms with Crippen LogP contribution in [0.15, 0.2) is 61.0 Å². The SMILES string of the molecule is C\C=C/C(=C\C=C\CC)c1ccn(/C(=C\Cn2ccc(C(CC)CCCCCC)n2)N2CCOCC2)n1. The molecule has 3 heterocycles. The molecule has 0 N–H and O–H groups in total. The van der Waals surface area contributed by atoms with Crippen LogP contribution in [0.3, 0.4) is 0 Å². The largest absolute Gasteiger partial charge is 0.378 e. The summed E-state index contributed by atoms with van der Waals surface area (Å²) in [4.78, 5) is 2.36. The summed E-state index contributed by atoms with van der Waals surface area (Å²) in [6.45, 7) is 12.6. The van der Waals surface area contributed by atoms with E-state index in [0.717, 1.165) is 56.2 Å². The van der Waals surface area contributed by atoms with Crippen molar-refractivity contribution in [3.05, 3.63) is 72.4 Å². The van der Waals surface area contributed by atoms with Gasteiger partial charge in [0.1, 0.15) is 5.82 Å². The average molecular weight is 506 g/mol. The Morgan fingerprint density at radius 1 is 1.05 bits per heavy atom. The molecule has 1 aliphatic rings. The van der Waals surface area contributed by atoms with Crippen molar-refractivity contribution in [1.82, 2.24) is 24.5 Å². The number of allylic oxidation sites excluding steroid dienone is 7. The molecule has 2 aromatic rings. The zero-order valence-electron chi connectivity index (χ0n) is 23.5. The highest BCUT2D eigenvalue weighted by Gasteiger charge is 2.17. The second-order valence-corrected chi connectivity index (χ2v) is 9.68. The number of unbranched alkanes of at least 4 members (excludes halogenated alkanes) is 3. The Bertz CT molecular complexity index is 1040. The number of hydrogen-bond donors (Lipinski definition) is 0. The van der Waals surface area contributed by atoms with Crippen LogP contribution in [0.2, 0.25) is 0 Å². The van der Waals surface area contributed by atoms with Gasteiger partial charge in [0.25, 0.3) is 0 Å². The lowest BCUT2D eigenvalue weighted by Gasteiger charge is -2.30. The first-order valence-electron chi connectivity index (χ1n) is 14.3. The topological polar surface area (TPSA) is 48.1 Å². The molecule has 6 heteroatoms. The van der Waals surface area contributed by atoms with Gasteiger partial charge >= 0.3 is 0 Å². The van der Waals surface area contributed by atoms with Gasteiger partial charge in [0.2, 0.25) is 0 Å². The Labute approximate surface area is 224 Å². The van der Waals surface area contributed by atoms with E-state index in [2.05, 4.69) is 91.3 Å². The van der Waals surface area contributed by atoms with Gasteiger partial charge in [-0.15, -0.1) is 0 Å². The molecule has 1 atom stereocenters. The van der Waals surface area contributed by atoms with Crippen LogP contribution in [-0.2, 0) is 11.3 Å². The van der Waals surface area contributed by atoms with Gasteiger partial charge in [0, 0.05) is 37.0 Å². The molecule has 6 nitrogen and oxygen atoms in total. The van der Waals surface area contributed by atoms with E-state index in [0.29, 0.717) is 12.5 Å². The second kappa shape index (κ2) is 16.1. The lowest BCUT2D eigenvalue weighted by atomic mass is 9.95. The minimum absolute atomic E-state index is 0.549. The van der Waals surface area contributed by atoms with E-state index in [1.54, 1.807) is 0 Å². The van der Waals surface area contributed by atoms with Gasteiger partial charge in [0.05, 0.1) is 31.1 Å². The van der Waals surface area contributed by atoms with Crippen LogP contribution in [0, 0.1) is 0 Å². The van der Waals surface area contributed by atoms with Gasteiger partial charge < -0.3 is 9.64 Å². The fraction of sp³-hybridized carbons (Fsp3) is 0.548. The number of aromatic nitrogens is 4. The van der Waals surface area contributed by atoms with E-state index < -0.39 is 0 Å². The molecule has 0 amide bonds. The van der Waals surface area contributed by atoms with Crippen LogP contribution in [-0.4, -0.2) is 50.8 Å². The number of morpholine rings is 1. The van der Waals surface area contributed by atoms with E-state index in [-0.39, 0.29) is 0 Å². The Balaban J connectivity index is 1.79. The van der Waals surface area contributed by atoms with Crippen molar-refractivity contribution in [2.75, 3.05) is 26.3 Å². The Hall–Kier alpha value is -2.86. The molecule has 37 heavy (non-hydrogen) atoms. The molecule has 0 aromatic carbocycles. The first-order valence-corrected chi connectivity index (χ1v) is 14.3. The number of ether oxygens (including phenoxy) is 1. The fourth-order valence-electron chi connectivity index (χ4n) is 4.73. The van der Waals surface area contributed by atoms with Crippen molar-refractivity contribution >= 4 is 11.4 Å². The van der Waals surface area contributed by atoms with E-state index in [1.165, 1.54) is 37.8 Å². The predicted molar refractivity (Wildman–Crippen MR) is 155 cm³/mol. The van der Waals surface area contributed by atoms with Crippen LogP contribution in [0.25, 0.3) is 11.4 Å². The Morgan fingerprint density at radius 3 is 2.62 bits per heavy atom. The fourth-order valence-corrected chi connectivity index (χ4v) is 4.73. The highest BCUT2D eigenvalue weighted by Crippen LogP contribution is 2.25. The molecular weight excluding hydrogens is 458 g/mol. The van der Waals surface area contributed by atoms with Crippen molar-refractivity contribution in [1.29, 1.82) is 0 Å². The number of hydrogen-bond acceptors (Lipinski definition) is 4. The summed E-state index contributed by atoms with van der Waals surface area (Å²) >= 11 is 0. The Kier molecular flexibility index (Phi) is 12.5. The van der Waals surface area contributed by atoms with Crippen molar-refractivity contribution in [2.24, 2.45) is 0 Å². The smallest absolute Gasteiger partial charge is 0.128 e. The van der Waals surface area contributed by atoms with Crippen molar-refractivity contribution in [3.63, 3.8) is 0 Å². The summed E-state index contributed by atoms with van der Waals surface area (Å²) in [5, 5.41) is 9.94. The lowest BCUT2D eigenvalue weighted by Crippen LogP contribution is -2.37. The maximum Gasteiger partial charge on any atom is 0.128 e. The Morgan fingerprint density at radius 2 is 1.89 bits per heavy atom. The molecule has 1 aliphatic heterocycles. The summed E-state index contributed by atoms with van der Waals surface area (Å²) in [6.07, 6.45) is 25.6.